The number of allylic oxidation sites excluding steroid dienone is 1. The van der Waals surface area contributed by atoms with E-state index in [4.69, 9.17) is 0 Å². The molecule has 0 saturated carbocycles. The molecule has 0 nitrogen and oxygen atoms in total. The van der Waals surface area contributed by atoms with E-state index >= 15 is 0 Å². The van der Waals surface area contributed by atoms with E-state index in [9.17, 15) is 0 Å². The fraction of sp³-hybridized carbons (Fsp3) is 0.500. The Hall–Kier alpha value is -1.04. The van der Waals surface area contributed by atoms with E-state index in [0.717, 1.165) is 12.8 Å². The average Bonchev–Trinajstić information content (AvgIpc) is 2.54. The molecule has 1 aliphatic rings. The molecule has 1 aromatic carbocycles. The van der Waals surface area contributed by atoms with E-state index in [1.165, 1.54) is 27.8 Å². The van der Waals surface area contributed by atoms with E-state index in [0.29, 0.717) is 0 Å². The summed E-state index contributed by atoms with van der Waals surface area (Å²) in [7, 11) is 0. The van der Waals surface area contributed by atoms with Crippen LogP contribution in [0.1, 0.15) is 56.9 Å². The molecule has 0 fully saturated rings. The second kappa shape index (κ2) is 3.76. The lowest BCUT2D eigenvalue weighted by Gasteiger charge is -2.22. The number of aryl methyl sites for hydroxylation is 1. The van der Waals surface area contributed by atoms with Crippen LogP contribution in [0.4, 0.5) is 0 Å². The Morgan fingerprint density at radius 2 is 1.88 bits per heavy atom. The Balaban J connectivity index is 2.56. The molecule has 0 unspecified atom stereocenters. The van der Waals surface area contributed by atoms with Gasteiger partial charge >= 0.3 is 0 Å². The summed E-state index contributed by atoms with van der Waals surface area (Å²) in [5, 5.41) is 0. The Labute approximate surface area is 99.4 Å². The van der Waals surface area contributed by atoms with Crippen molar-refractivity contribution in [2.75, 3.05) is 0 Å². The van der Waals surface area contributed by atoms with Gasteiger partial charge in [0.1, 0.15) is 0 Å². The number of hydrogen-bond donors (Lipinski definition) is 0. The first-order valence-electron chi connectivity index (χ1n) is 6.25. The predicted octanol–water partition coefficient (Wildman–Crippen LogP) is 4.51. The van der Waals surface area contributed by atoms with Crippen molar-refractivity contribution in [1.82, 2.24) is 0 Å². The molecule has 86 valence electrons. The maximum Gasteiger partial charge on any atom is -0.00604 e. The van der Waals surface area contributed by atoms with E-state index < -0.39 is 0 Å². The quantitative estimate of drug-likeness (QED) is 0.645. The largest absolute Gasteiger partial charge is 0.0683 e. The van der Waals surface area contributed by atoms with Gasteiger partial charge in [0.2, 0.25) is 0 Å². The highest BCUT2D eigenvalue weighted by molar-refractivity contribution is 5.67. The van der Waals surface area contributed by atoms with Gasteiger partial charge in [0, 0.05) is 0 Å². The number of hydrogen-bond acceptors (Lipinski definition) is 0. The minimum absolute atomic E-state index is 0.259. The molecule has 0 heteroatoms. The zero-order valence-electron chi connectivity index (χ0n) is 11.1. The van der Waals surface area contributed by atoms with Crippen molar-refractivity contribution < 1.29 is 0 Å². The predicted molar refractivity (Wildman–Crippen MR) is 71.9 cm³/mol. The number of benzene rings is 1. The van der Waals surface area contributed by atoms with Gasteiger partial charge in [-0.25, -0.2) is 0 Å². The van der Waals surface area contributed by atoms with Crippen LogP contribution in [0.15, 0.2) is 17.7 Å². The molecule has 0 saturated heterocycles. The van der Waals surface area contributed by atoms with E-state index in [1.54, 1.807) is 0 Å². The molecule has 0 aliphatic heterocycles. The zero-order chi connectivity index (χ0) is 11.9. The first-order chi connectivity index (χ1) is 7.41. The molecule has 0 heterocycles. The molecule has 0 atom stereocenters. The summed E-state index contributed by atoms with van der Waals surface area (Å²) < 4.78 is 0. The molecule has 1 aromatic rings. The van der Waals surface area contributed by atoms with Gasteiger partial charge in [-0.05, 0) is 47.4 Å². The van der Waals surface area contributed by atoms with E-state index in [1.807, 2.05) is 0 Å². The molecular weight excluding hydrogens is 192 g/mol. The maximum absolute atomic E-state index is 2.40. The molecule has 0 aromatic heterocycles. The van der Waals surface area contributed by atoms with Crippen molar-refractivity contribution in [1.29, 1.82) is 0 Å². The third-order valence-corrected chi connectivity index (χ3v) is 3.46. The van der Waals surface area contributed by atoms with Crippen molar-refractivity contribution in [3.63, 3.8) is 0 Å². The highest BCUT2D eigenvalue weighted by Gasteiger charge is 2.19. The molecule has 0 spiro atoms. The summed E-state index contributed by atoms with van der Waals surface area (Å²) >= 11 is 0. The zero-order valence-corrected chi connectivity index (χ0v) is 11.1. The topological polar surface area (TPSA) is 0 Å². The molecule has 0 radical (unpaired) electrons. The minimum atomic E-state index is 0.259. The lowest BCUT2D eigenvalue weighted by atomic mass is 9.83. The molecule has 0 amide bonds. The van der Waals surface area contributed by atoms with Crippen LogP contribution in [0.25, 0.3) is 6.08 Å². The third-order valence-electron chi connectivity index (χ3n) is 3.46. The van der Waals surface area contributed by atoms with Crippen molar-refractivity contribution in [3.05, 3.63) is 40.0 Å². The summed E-state index contributed by atoms with van der Waals surface area (Å²) in [5.41, 5.74) is 7.77. The normalized spacial score (nSPS) is 14.9. The van der Waals surface area contributed by atoms with Crippen LogP contribution in [0.5, 0.6) is 0 Å². The summed E-state index contributed by atoms with van der Waals surface area (Å²) in [4.78, 5) is 0. The monoisotopic (exact) mass is 214 g/mol. The average molecular weight is 214 g/mol. The summed E-state index contributed by atoms with van der Waals surface area (Å²) in [6.45, 7) is 11.4. The minimum Gasteiger partial charge on any atom is -0.0683 e. The number of fused-ring (bicyclic) bond motifs is 1. The van der Waals surface area contributed by atoms with Gasteiger partial charge < -0.3 is 0 Å². The van der Waals surface area contributed by atoms with Gasteiger partial charge in [0.15, 0.2) is 0 Å². The van der Waals surface area contributed by atoms with E-state index in [-0.39, 0.29) is 5.41 Å². The Bertz CT molecular complexity index is 442. The Morgan fingerprint density at radius 1 is 1.19 bits per heavy atom. The van der Waals surface area contributed by atoms with Crippen molar-refractivity contribution in [3.8, 4) is 0 Å². The Morgan fingerprint density at radius 3 is 2.44 bits per heavy atom. The SMILES string of the molecule is CCc1cc(C(C)(C)C)cc2c1C=C(C)C2. The summed E-state index contributed by atoms with van der Waals surface area (Å²) in [5.74, 6) is 0. The third kappa shape index (κ3) is 1.93. The van der Waals surface area contributed by atoms with Crippen molar-refractivity contribution >= 4 is 6.08 Å². The smallest absolute Gasteiger partial charge is 0.00604 e. The number of rotatable bonds is 1. The molecule has 16 heavy (non-hydrogen) atoms. The van der Waals surface area contributed by atoms with Crippen molar-refractivity contribution in [2.45, 2.75) is 52.9 Å². The molecule has 0 bridgehead atoms. The maximum atomic E-state index is 2.40. The van der Waals surface area contributed by atoms with Gasteiger partial charge in [0.25, 0.3) is 0 Å². The van der Waals surface area contributed by atoms with Crippen LogP contribution < -0.4 is 0 Å². The fourth-order valence-electron chi connectivity index (χ4n) is 2.43. The van der Waals surface area contributed by atoms with Crippen LogP contribution >= 0.6 is 0 Å². The lowest BCUT2D eigenvalue weighted by Crippen LogP contribution is -2.12. The lowest BCUT2D eigenvalue weighted by molar-refractivity contribution is 0.588. The van der Waals surface area contributed by atoms with E-state index in [2.05, 4.69) is 52.8 Å². The van der Waals surface area contributed by atoms with Crippen LogP contribution in [-0.4, -0.2) is 0 Å². The van der Waals surface area contributed by atoms with Gasteiger partial charge in [-0.15, -0.1) is 0 Å². The summed E-state index contributed by atoms with van der Waals surface area (Å²) in [6, 6.07) is 4.80. The van der Waals surface area contributed by atoms with Crippen LogP contribution in [-0.2, 0) is 18.3 Å². The second-order valence-corrected chi connectivity index (χ2v) is 5.98. The van der Waals surface area contributed by atoms with Crippen LogP contribution in [0.3, 0.4) is 0 Å². The first-order valence-corrected chi connectivity index (χ1v) is 6.25. The van der Waals surface area contributed by atoms with Gasteiger partial charge in [0.05, 0.1) is 0 Å². The molecular formula is C16H22. The fourth-order valence-corrected chi connectivity index (χ4v) is 2.43. The van der Waals surface area contributed by atoms with Gasteiger partial charge in [-0.3, -0.25) is 0 Å². The Kier molecular flexibility index (Phi) is 2.69. The molecule has 1 aliphatic carbocycles. The highest BCUT2D eigenvalue weighted by atomic mass is 14.2. The summed E-state index contributed by atoms with van der Waals surface area (Å²) in [6.07, 6.45) is 4.64. The van der Waals surface area contributed by atoms with Gasteiger partial charge in [-0.1, -0.05) is 51.5 Å². The highest BCUT2D eigenvalue weighted by Crippen LogP contribution is 2.33. The van der Waals surface area contributed by atoms with Crippen LogP contribution in [0, 0.1) is 0 Å². The molecule has 2 rings (SSSR count). The van der Waals surface area contributed by atoms with Crippen molar-refractivity contribution in [2.24, 2.45) is 0 Å². The van der Waals surface area contributed by atoms with Crippen LogP contribution in [0.2, 0.25) is 0 Å². The van der Waals surface area contributed by atoms with Gasteiger partial charge in [-0.2, -0.15) is 0 Å². The standard InChI is InChI=1S/C16H22/c1-6-12-9-14(16(3,4)5)10-13-7-11(2)8-15(12)13/h8-10H,6-7H2,1-5H3. The first kappa shape index (κ1) is 11.4. The molecule has 0 N–H and O–H groups in total. The second-order valence-electron chi connectivity index (χ2n) is 5.98.